The van der Waals surface area contributed by atoms with Gasteiger partial charge in [-0.2, -0.15) is 4.31 Å². The van der Waals surface area contributed by atoms with Crippen molar-refractivity contribution in [3.8, 4) is 6.01 Å². The van der Waals surface area contributed by atoms with Crippen molar-refractivity contribution in [2.45, 2.75) is 17.4 Å². The number of aromatic nitrogens is 2. The van der Waals surface area contributed by atoms with Gasteiger partial charge in [-0.3, -0.25) is 0 Å². The van der Waals surface area contributed by atoms with Gasteiger partial charge in [-0.15, -0.1) is 0 Å². The zero-order valence-electron chi connectivity index (χ0n) is 13.8. The van der Waals surface area contributed by atoms with Crippen LogP contribution in [0.4, 0.5) is 0 Å². The molecule has 8 nitrogen and oxygen atoms in total. The predicted molar refractivity (Wildman–Crippen MR) is 92.6 cm³/mol. The van der Waals surface area contributed by atoms with Crippen molar-refractivity contribution >= 4 is 27.6 Å². The van der Waals surface area contributed by atoms with Crippen molar-refractivity contribution in [1.29, 1.82) is 0 Å². The van der Waals surface area contributed by atoms with E-state index in [1.54, 1.807) is 0 Å². The molecule has 0 N–H and O–H groups in total. The van der Waals surface area contributed by atoms with Gasteiger partial charge < -0.3 is 9.47 Å². The highest BCUT2D eigenvalue weighted by Crippen LogP contribution is 2.23. The lowest BCUT2D eigenvalue weighted by molar-refractivity contribution is 0.0600. The number of ether oxygens (including phenoxy) is 2. The van der Waals surface area contributed by atoms with Gasteiger partial charge in [0.25, 0.3) is 0 Å². The summed E-state index contributed by atoms with van der Waals surface area (Å²) in [5.41, 5.74) is 0.286. The molecule has 0 radical (unpaired) electrons. The molecule has 26 heavy (non-hydrogen) atoms. The van der Waals surface area contributed by atoms with E-state index in [0.717, 1.165) is 0 Å². The van der Waals surface area contributed by atoms with Gasteiger partial charge in [0.2, 0.25) is 10.0 Å². The molecular weight excluding hydrogens is 382 g/mol. The highest BCUT2D eigenvalue weighted by Gasteiger charge is 2.34. The topological polar surface area (TPSA) is 98.7 Å². The minimum absolute atomic E-state index is 0.105. The predicted octanol–water partition coefficient (Wildman–Crippen LogP) is 1.76. The molecule has 0 amide bonds. The Morgan fingerprint density at radius 1 is 1.23 bits per heavy atom. The standard InChI is InChI=1S/C16H16ClN3O5S/c1-24-15(21)11-2-4-14(5-3-11)26(22,23)20-7-6-13(10-20)25-16-18-8-12(17)9-19-16/h2-5,8-9,13H,6-7,10H2,1H3/t13-/m1/s1. The molecule has 10 heteroatoms. The zero-order chi connectivity index (χ0) is 18.7. The number of rotatable bonds is 5. The number of esters is 1. The summed E-state index contributed by atoms with van der Waals surface area (Å²) in [7, 11) is -2.41. The number of hydrogen-bond donors (Lipinski definition) is 0. The van der Waals surface area contributed by atoms with E-state index in [0.29, 0.717) is 18.0 Å². The molecule has 0 aliphatic carbocycles. The highest BCUT2D eigenvalue weighted by atomic mass is 35.5. The van der Waals surface area contributed by atoms with E-state index in [4.69, 9.17) is 16.3 Å². The Bertz CT molecular complexity index is 887. The summed E-state index contributed by atoms with van der Waals surface area (Å²) < 4.78 is 37.0. The fourth-order valence-electron chi connectivity index (χ4n) is 2.55. The zero-order valence-corrected chi connectivity index (χ0v) is 15.4. The average Bonchev–Trinajstić information content (AvgIpc) is 3.12. The van der Waals surface area contributed by atoms with E-state index < -0.39 is 16.0 Å². The summed E-state index contributed by atoms with van der Waals surface area (Å²) in [4.78, 5) is 19.4. The number of carbonyl (C=O) groups is 1. The molecule has 2 heterocycles. The number of hydrogen-bond acceptors (Lipinski definition) is 7. The normalized spacial score (nSPS) is 17.8. The van der Waals surface area contributed by atoms with Crippen molar-refractivity contribution in [2.24, 2.45) is 0 Å². The van der Waals surface area contributed by atoms with E-state index in [1.807, 2.05) is 0 Å². The fourth-order valence-corrected chi connectivity index (χ4v) is 4.14. The smallest absolute Gasteiger partial charge is 0.337 e. The first kappa shape index (κ1) is 18.6. The van der Waals surface area contributed by atoms with Crippen molar-refractivity contribution < 1.29 is 22.7 Å². The maximum Gasteiger partial charge on any atom is 0.337 e. The van der Waals surface area contributed by atoms with Crippen LogP contribution in [0.3, 0.4) is 0 Å². The second-order valence-electron chi connectivity index (χ2n) is 5.59. The van der Waals surface area contributed by atoms with Gasteiger partial charge in [-0.1, -0.05) is 11.6 Å². The Balaban J connectivity index is 1.68. The molecule has 2 aromatic rings. The van der Waals surface area contributed by atoms with E-state index in [1.165, 1.54) is 48.1 Å². The first-order valence-electron chi connectivity index (χ1n) is 7.73. The van der Waals surface area contributed by atoms with E-state index in [2.05, 4.69) is 14.7 Å². The van der Waals surface area contributed by atoms with Crippen LogP contribution in [0.15, 0.2) is 41.6 Å². The molecule has 1 aliphatic rings. The second kappa shape index (κ2) is 7.56. The third-order valence-electron chi connectivity index (χ3n) is 3.89. The summed E-state index contributed by atoms with van der Waals surface area (Å²) in [6.45, 7) is 0.506. The molecule has 0 bridgehead atoms. The average molecular weight is 398 g/mol. The molecule has 0 spiro atoms. The number of halogens is 1. The third-order valence-corrected chi connectivity index (χ3v) is 5.96. The monoisotopic (exact) mass is 397 g/mol. The lowest BCUT2D eigenvalue weighted by Gasteiger charge is -2.17. The number of sulfonamides is 1. The molecule has 0 saturated carbocycles. The van der Waals surface area contributed by atoms with E-state index in [-0.39, 0.29) is 29.1 Å². The Kier molecular flexibility index (Phi) is 5.40. The van der Waals surface area contributed by atoms with Crippen LogP contribution < -0.4 is 4.74 Å². The van der Waals surface area contributed by atoms with Crippen LogP contribution in [0.25, 0.3) is 0 Å². The van der Waals surface area contributed by atoms with Gasteiger partial charge in [0, 0.05) is 6.54 Å². The number of benzene rings is 1. The third kappa shape index (κ3) is 3.95. The largest absolute Gasteiger partial charge is 0.465 e. The Morgan fingerprint density at radius 3 is 2.50 bits per heavy atom. The molecule has 1 aliphatic heterocycles. The van der Waals surface area contributed by atoms with Crippen LogP contribution >= 0.6 is 11.6 Å². The van der Waals surface area contributed by atoms with Gasteiger partial charge in [-0.25, -0.2) is 23.2 Å². The summed E-state index contributed by atoms with van der Waals surface area (Å²) in [5, 5.41) is 0.392. The van der Waals surface area contributed by atoms with Crippen LogP contribution in [0, 0.1) is 0 Å². The maximum atomic E-state index is 12.7. The molecule has 1 fully saturated rings. The Hall–Kier alpha value is -2.23. The van der Waals surface area contributed by atoms with Crippen LogP contribution in [0.5, 0.6) is 6.01 Å². The van der Waals surface area contributed by atoms with E-state index >= 15 is 0 Å². The summed E-state index contributed by atoms with van der Waals surface area (Å²) in [5.74, 6) is -0.522. The highest BCUT2D eigenvalue weighted by molar-refractivity contribution is 7.89. The fraction of sp³-hybridized carbons (Fsp3) is 0.312. The minimum Gasteiger partial charge on any atom is -0.465 e. The molecule has 1 aromatic heterocycles. The molecule has 1 atom stereocenters. The van der Waals surface area contributed by atoms with Gasteiger partial charge in [0.1, 0.15) is 6.10 Å². The molecule has 138 valence electrons. The Labute approximate surface area is 155 Å². The van der Waals surface area contributed by atoms with Crippen molar-refractivity contribution in [2.75, 3.05) is 20.2 Å². The molecule has 1 saturated heterocycles. The van der Waals surface area contributed by atoms with Crippen LogP contribution in [-0.4, -0.2) is 55.0 Å². The number of methoxy groups -OCH3 is 1. The Morgan fingerprint density at radius 2 is 1.88 bits per heavy atom. The quantitative estimate of drug-likeness (QED) is 0.709. The first-order valence-corrected chi connectivity index (χ1v) is 9.54. The summed E-state index contributed by atoms with van der Waals surface area (Å²) in [6.07, 6.45) is 3.00. The van der Waals surface area contributed by atoms with Crippen molar-refractivity contribution in [3.05, 3.63) is 47.2 Å². The van der Waals surface area contributed by atoms with Crippen LogP contribution in [-0.2, 0) is 14.8 Å². The lowest BCUT2D eigenvalue weighted by atomic mass is 10.2. The number of carbonyl (C=O) groups excluding carboxylic acids is 1. The number of nitrogens with zero attached hydrogens (tertiary/aromatic N) is 3. The van der Waals surface area contributed by atoms with Gasteiger partial charge in [-0.05, 0) is 30.7 Å². The van der Waals surface area contributed by atoms with Crippen LogP contribution in [0.2, 0.25) is 5.02 Å². The molecule has 1 aromatic carbocycles. The van der Waals surface area contributed by atoms with Crippen LogP contribution in [0.1, 0.15) is 16.8 Å². The van der Waals surface area contributed by atoms with Gasteiger partial charge in [0.05, 0.1) is 41.5 Å². The first-order chi connectivity index (χ1) is 12.4. The SMILES string of the molecule is COC(=O)c1ccc(S(=O)(=O)N2CC[C@@H](Oc3ncc(Cl)cn3)C2)cc1. The molecular formula is C16H16ClN3O5S. The lowest BCUT2D eigenvalue weighted by Crippen LogP contribution is -2.31. The molecule has 0 unspecified atom stereocenters. The van der Waals surface area contributed by atoms with Crippen molar-refractivity contribution in [3.63, 3.8) is 0 Å². The second-order valence-corrected chi connectivity index (χ2v) is 7.97. The summed E-state index contributed by atoms with van der Waals surface area (Å²) >= 11 is 5.72. The van der Waals surface area contributed by atoms with Crippen molar-refractivity contribution in [1.82, 2.24) is 14.3 Å². The van der Waals surface area contributed by atoms with E-state index in [9.17, 15) is 13.2 Å². The van der Waals surface area contributed by atoms with Gasteiger partial charge in [0.15, 0.2) is 0 Å². The maximum absolute atomic E-state index is 12.7. The molecule has 3 rings (SSSR count). The van der Waals surface area contributed by atoms with Gasteiger partial charge >= 0.3 is 12.0 Å². The summed E-state index contributed by atoms with van der Waals surface area (Å²) in [6, 6.07) is 5.77. The minimum atomic E-state index is -3.68.